The Labute approximate surface area is 119 Å². The van der Waals surface area contributed by atoms with Crippen LogP contribution in [0, 0.1) is 23.6 Å². The van der Waals surface area contributed by atoms with Gasteiger partial charge >= 0.3 is 0 Å². The van der Waals surface area contributed by atoms with E-state index >= 15 is 0 Å². The summed E-state index contributed by atoms with van der Waals surface area (Å²) < 4.78 is 13.2. The molecule has 19 heavy (non-hydrogen) atoms. The van der Waals surface area contributed by atoms with E-state index in [4.69, 9.17) is 17.4 Å². The summed E-state index contributed by atoms with van der Waals surface area (Å²) in [5.74, 6) is 7.24. The first-order chi connectivity index (χ1) is 9.01. The highest BCUT2D eigenvalue weighted by molar-refractivity contribution is 6.30. The van der Waals surface area contributed by atoms with Gasteiger partial charge in [-0.05, 0) is 54.7 Å². The molecule has 0 spiro atoms. The minimum atomic E-state index is -0.383. The third kappa shape index (κ3) is 3.47. The quantitative estimate of drug-likeness (QED) is 0.649. The van der Waals surface area contributed by atoms with Gasteiger partial charge in [-0.3, -0.25) is 11.3 Å². The number of hydrazine groups is 1. The van der Waals surface area contributed by atoms with Crippen LogP contribution >= 0.6 is 11.6 Å². The molecule has 0 aliphatic heterocycles. The maximum absolute atomic E-state index is 13.2. The molecule has 1 aliphatic carbocycles. The molecule has 1 aromatic rings. The van der Waals surface area contributed by atoms with Crippen LogP contribution in [0.2, 0.25) is 5.02 Å². The standard InChI is InChI=1S/C15H22ClFN2/c1-9-5-10(2)7-12(6-9)15(19-18)11-3-4-14(17)13(16)8-11/h3-4,8-10,12,15,19H,5-7,18H2,1-2H3. The zero-order valence-electron chi connectivity index (χ0n) is 11.5. The lowest BCUT2D eigenvalue weighted by Crippen LogP contribution is -2.37. The fourth-order valence-electron chi connectivity index (χ4n) is 3.49. The van der Waals surface area contributed by atoms with Gasteiger partial charge in [-0.15, -0.1) is 0 Å². The molecule has 1 aliphatic rings. The van der Waals surface area contributed by atoms with Crippen LogP contribution in [0.25, 0.3) is 0 Å². The Hall–Kier alpha value is -0.640. The Bertz CT molecular complexity index is 428. The first-order valence-corrected chi connectivity index (χ1v) is 7.30. The molecule has 1 aromatic carbocycles. The van der Waals surface area contributed by atoms with E-state index in [1.807, 2.05) is 0 Å². The molecular weight excluding hydrogens is 263 g/mol. The molecule has 2 nitrogen and oxygen atoms in total. The highest BCUT2D eigenvalue weighted by Gasteiger charge is 2.30. The normalized spacial score (nSPS) is 29.2. The SMILES string of the molecule is CC1CC(C)CC(C(NN)c2ccc(F)c(Cl)c2)C1. The second-order valence-corrected chi connectivity index (χ2v) is 6.40. The molecule has 0 bridgehead atoms. The summed E-state index contributed by atoms with van der Waals surface area (Å²) in [5, 5.41) is 0.162. The van der Waals surface area contributed by atoms with E-state index < -0.39 is 0 Å². The third-order valence-corrected chi connectivity index (χ3v) is 4.46. The Kier molecular flexibility index (Phi) is 4.82. The monoisotopic (exact) mass is 284 g/mol. The molecule has 0 radical (unpaired) electrons. The molecule has 0 saturated heterocycles. The van der Waals surface area contributed by atoms with Gasteiger partial charge in [0.25, 0.3) is 0 Å². The molecule has 2 rings (SSSR count). The van der Waals surface area contributed by atoms with Crippen LogP contribution in [-0.2, 0) is 0 Å². The molecule has 1 fully saturated rings. The van der Waals surface area contributed by atoms with E-state index in [1.165, 1.54) is 12.5 Å². The minimum absolute atomic E-state index is 0.0447. The van der Waals surface area contributed by atoms with Gasteiger partial charge in [0.05, 0.1) is 5.02 Å². The maximum atomic E-state index is 13.2. The topological polar surface area (TPSA) is 38.0 Å². The van der Waals surface area contributed by atoms with Crippen molar-refractivity contribution >= 4 is 11.6 Å². The number of benzene rings is 1. The van der Waals surface area contributed by atoms with Crippen LogP contribution in [-0.4, -0.2) is 0 Å². The number of rotatable bonds is 3. The summed E-state index contributed by atoms with van der Waals surface area (Å²) in [6, 6.07) is 4.92. The Morgan fingerprint density at radius 1 is 1.26 bits per heavy atom. The van der Waals surface area contributed by atoms with Crippen LogP contribution < -0.4 is 11.3 Å². The molecule has 3 atom stereocenters. The van der Waals surface area contributed by atoms with E-state index in [-0.39, 0.29) is 16.9 Å². The van der Waals surface area contributed by atoms with Gasteiger partial charge in [0, 0.05) is 6.04 Å². The largest absolute Gasteiger partial charge is 0.271 e. The van der Waals surface area contributed by atoms with Gasteiger partial charge in [-0.1, -0.05) is 31.5 Å². The summed E-state index contributed by atoms with van der Waals surface area (Å²) in [7, 11) is 0. The van der Waals surface area contributed by atoms with E-state index in [9.17, 15) is 4.39 Å². The zero-order valence-corrected chi connectivity index (χ0v) is 12.3. The average Bonchev–Trinajstić information content (AvgIpc) is 2.33. The van der Waals surface area contributed by atoms with Gasteiger partial charge in [0.1, 0.15) is 5.82 Å². The molecule has 106 valence electrons. The highest BCUT2D eigenvalue weighted by atomic mass is 35.5. The van der Waals surface area contributed by atoms with Crippen molar-refractivity contribution < 1.29 is 4.39 Å². The molecule has 3 unspecified atom stereocenters. The van der Waals surface area contributed by atoms with E-state index in [0.29, 0.717) is 17.8 Å². The van der Waals surface area contributed by atoms with E-state index in [0.717, 1.165) is 18.4 Å². The first kappa shape index (κ1) is 14.8. The van der Waals surface area contributed by atoms with Gasteiger partial charge in [0.2, 0.25) is 0 Å². The second kappa shape index (κ2) is 6.21. The van der Waals surface area contributed by atoms with Crippen LogP contribution in [0.5, 0.6) is 0 Å². The van der Waals surface area contributed by atoms with Crippen molar-refractivity contribution in [3.63, 3.8) is 0 Å². The first-order valence-electron chi connectivity index (χ1n) is 6.92. The minimum Gasteiger partial charge on any atom is -0.271 e. The number of nitrogens with one attached hydrogen (secondary N) is 1. The lowest BCUT2D eigenvalue weighted by Gasteiger charge is -2.36. The third-order valence-electron chi connectivity index (χ3n) is 4.17. The summed E-state index contributed by atoms with van der Waals surface area (Å²) in [6.45, 7) is 4.57. The number of hydrogen-bond donors (Lipinski definition) is 2. The van der Waals surface area contributed by atoms with Gasteiger partial charge < -0.3 is 0 Å². The van der Waals surface area contributed by atoms with Gasteiger partial charge in [-0.25, -0.2) is 4.39 Å². The van der Waals surface area contributed by atoms with Crippen molar-refractivity contribution in [1.29, 1.82) is 0 Å². The Balaban J connectivity index is 2.21. The number of nitrogens with two attached hydrogens (primary N) is 1. The Morgan fingerprint density at radius 3 is 2.42 bits per heavy atom. The second-order valence-electron chi connectivity index (χ2n) is 6.00. The highest BCUT2D eigenvalue weighted by Crippen LogP contribution is 2.40. The van der Waals surface area contributed by atoms with Crippen LogP contribution in [0.15, 0.2) is 18.2 Å². The van der Waals surface area contributed by atoms with Crippen molar-refractivity contribution in [3.05, 3.63) is 34.6 Å². The summed E-state index contributed by atoms with van der Waals surface area (Å²) in [5.41, 5.74) is 3.87. The van der Waals surface area contributed by atoms with Crippen LogP contribution in [0.3, 0.4) is 0 Å². The molecule has 4 heteroatoms. The smallest absolute Gasteiger partial charge is 0.141 e. The summed E-state index contributed by atoms with van der Waals surface area (Å²) in [6.07, 6.45) is 3.57. The summed E-state index contributed by atoms with van der Waals surface area (Å²) >= 11 is 5.87. The molecular formula is C15H22ClFN2. The number of hydrogen-bond acceptors (Lipinski definition) is 2. The van der Waals surface area contributed by atoms with Crippen molar-refractivity contribution in [2.24, 2.45) is 23.6 Å². The average molecular weight is 285 g/mol. The van der Waals surface area contributed by atoms with E-state index in [2.05, 4.69) is 19.3 Å². The fraction of sp³-hybridized carbons (Fsp3) is 0.600. The zero-order chi connectivity index (χ0) is 14.0. The van der Waals surface area contributed by atoms with E-state index in [1.54, 1.807) is 12.1 Å². The molecule has 0 aromatic heterocycles. The molecule has 0 heterocycles. The maximum Gasteiger partial charge on any atom is 0.141 e. The van der Waals surface area contributed by atoms with Crippen molar-refractivity contribution in [3.8, 4) is 0 Å². The van der Waals surface area contributed by atoms with Crippen molar-refractivity contribution in [2.45, 2.75) is 39.2 Å². The lowest BCUT2D eigenvalue weighted by atomic mass is 9.72. The van der Waals surface area contributed by atoms with Gasteiger partial charge in [-0.2, -0.15) is 0 Å². The lowest BCUT2D eigenvalue weighted by molar-refractivity contribution is 0.177. The molecule has 1 saturated carbocycles. The predicted octanol–water partition coefficient (Wildman–Crippen LogP) is 4.06. The predicted molar refractivity (Wildman–Crippen MR) is 77.1 cm³/mol. The molecule has 3 N–H and O–H groups in total. The van der Waals surface area contributed by atoms with Crippen molar-refractivity contribution in [2.75, 3.05) is 0 Å². The molecule has 0 amide bonds. The number of halogens is 2. The Morgan fingerprint density at radius 2 is 1.89 bits per heavy atom. The summed E-state index contributed by atoms with van der Waals surface area (Å²) in [4.78, 5) is 0. The van der Waals surface area contributed by atoms with Crippen LogP contribution in [0.1, 0.15) is 44.7 Å². The van der Waals surface area contributed by atoms with Gasteiger partial charge in [0.15, 0.2) is 0 Å². The fourth-order valence-corrected chi connectivity index (χ4v) is 3.68. The van der Waals surface area contributed by atoms with Crippen LogP contribution in [0.4, 0.5) is 4.39 Å². The van der Waals surface area contributed by atoms with Crippen molar-refractivity contribution in [1.82, 2.24) is 5.43 Å².